The Kier molecular flexibility index (Phi) is 4.02. The van der Waals surface area contributed by atoms with Crippen LogP contribution in [0.3, 0.4) is 0 Å². The molecule has 3 N–H and O–H groups in total. The second-order valence-corrected chi connectivity index (χ2v) is 3.98. The number of pyridine rings is 1. The minimum absolute atomic E-state index is 0.546. The van der Waals surface area contributed by atoms with Crippen LogP contribution in [0.2, 0.25) is 0 Å². The molecule has 0 unspecified atom stereocenters. The monoisotopic (exact) mass is 243 g/mol. The number of aromatic nitrogens is 1. The highest BCUT2D eigenvalue weighted by molar-refractivity contribution is 5.51. The average Bonchev–Trinajstić information content (AvgIpc) is 2.38. The molecule has 1 heterocycles. The summed E-state index contributed by atoms with van der Waals surface area (Å²) in [6.45, 7) is 3.25. The summed E-state index contributed by atoms with van der Waals surface area (Å²) in [6.07, 6.45) is 1.77. The number of ether oxygens (including phenoxy) is 1. The topological polar surface area (TPSA) is 60.2 Å². The Bertz CT molecular complexity index is 466. The van der Waals surface area contributed by atoms with Gasteiger partial charge < -0.3 is 15.8 Å². The number of rotatable bonds is 5. The minimum atomic E-state index is 0.546. The fourth-order valence-corrected chi connectivity index (χ4v) is 1.61. The van der Waals surface area contributed by atoms with Crippen molar-refractivity contribution in [3.8, 4) is 5.75 Å². The third-order valence-corrected chi connectivity index (χ3v) is 2.58. The van der Waals surface area contributed by atoms with Crippen molar-refractivity contribution in [1.29, 1.82) is 0 Å². The van der Waals surface area contributed by atoms with E-state index in [0.29, 0.717) is 18.8 Å². The summed E-state index contributed by atoms with van der Waals surface area (Å²) in [5.41, 5.74) is 7.56. The van der Waals surface area contributed by atoms with Crippen molar-refractivity contribution in [2.45, 2.75) is 6.92 Å². The number of aryl methyl sites for hydroxylation is 1. The predicted octanol–water partition coefficient (Wildman–Crippen LogP) is 2.46. The fraction of sp³-hybridized carbons (Fsp3) is 0.214. The molecule has 0 aliphatic carbocycles. The molecule has 2 rings (SSSR count). The molecular formula is C14H17N3O. The van der Waals surface area contributed by atoms with E-state index in [1.54, 1.807) is 6.20 Å². The van der Waals surface area contributed by atoms with Crippen LogP contribution in [-0.4, -0.2) is 18.1 Å². The lowest BCUT2D eigenvalue weighted by Gasteiger charge is -2.10. The molecule has 1 aromatic heterocycles. The molecule has 0 atom stereocenters. The van der Waals surface area contributed by atoms with Crippen LogP contribution in [0.15, 0.2) is 42.6 Å². The molecule has 0 aliphatic rings. The molecule has 4 heteroatoms. The van der Waals surface area contributed by atoms with Gasteiger partial charge in [0.05, 0.1) is 12.2 Å². The first-order valence-corrected chi connectivity index (χ1v) is 5.90. The van der Waals surface area contributed by atoms with Crippen LogP contribution in [0, 0.1) is 6.92 Å². The molecule has 0 fully saturated rings. The Morgan fingerprint density at radius 3 is 2.83 bits per heavy atom. The van der Waals surface area contributed by atoms with E-state index in [1.165, 1.54) is 0 Å². The molecule has 0 bridgehead atoms. The van der Waals surface area contributed by atoms with Gasteiger partial charge in [0.15, 0.2) is 0 Å². The van der Waals surface area contributed by atoms with E-state index in [-0.39, 0.29) is 0 Å². The van der Waals surface area contributed by atoms with Crippen molar-refractivity contribution < 1.29 is 4.74 Å². The Labute approximate surface area is 107 Å². The molecule has 0 spiro atoms. The number of anilines is 2. The highest BCUT2D eigenvalue weighted by Gasteiger charge is 1.99. The molecule has 2 aromatic rings. The summed E-state index contributed by atoms with van der Waals surface area (Å²) in [5.74, 6) is 1.61. The molecule has 4 nitrogen and oxygen atoms in total. The normalized spacial score (nSPS) is 10.1. The van der Waals surface area contributed by atoms with E-state index in [0.717, 1.165) is 17.1 Å². The zero-order chi connectivity index (χ0) is 12.8. The van der Waals surface area contributed by atoms with Crippen LogP contribution < -0.4 is 15.8 Å². The summed E-state index contributed by atoms with van der Waals surface area (Å²) in [7, 11) is 0. The minimum Gasteiger partial charge on any atom is -0.490 e. The van der Waals surface area contributed by atoms with Crippen molar-refractivity contribution in [3.05, 3.63) is 48.2 Å². The van der Waals surface area contributed by atoms with Crippen molar-refractivity contribution >= 4 is 11.5 Å². The van der Waals surface area contributed by atoms with E-state index in [2.05, 4.69) is 10.3 Å². The SMILES string of the molecule is Cc1cccnc1NCCOc1ccccc1N. The van der Waals surface area contributed by atoms with Crippen LogP contribution in [0.4, 0.5) is 11.5 Å². The number of hydrogen-bond acceptors (Lipinski definition) is 4. The van der Waals surface area contributed by atoms with Gasteiger partial charge in [0.25, 0.3) is 0 Å². The number of nitrogens with one attached hydrogen (secondary N) is 1. The van der Waals surface area contributed by atoms with E-state index >= 15 is 0 Å². The van der Waals surface area contributed by atoms with Crippen molar-refractivity contribution in [2.24, 2.45) is 0 Å². The maximum absolute atomic E-state index is 5.78. The Morgan fingerprint density at radius 1 is 1.22 bits per heavy atom. The summed E-state index contributed by atoms with van der Waals surface area (Å²) in [6, 6.07) is 11.4. The third-order valence-electron chi connectivity index (χ3n) is 2.58. The van der Waals surface area contributed by atoms with Gasteiger partial charge in [-0.15, -0.1) is 0 Å². The van der Waals surface area contributed by atoms with Crippen molar-refractivity contribution in [2.75, 3.05) is 24.2 Å². The van der Waals surface area contributed by atoms with Crippen molar-refractivity contribution in [1.82, 2.24) is 4.98 Å². The quantitative estimate of drug-likeness (QED) is 0.625. The maximum Gasteiger partial charge on any atom is 0.142 e. The van der Waals surface area contributed by atoms with Crippen LogP contribution in [0.5, 0.6) is 5.75 Å². The summed E-state index contributed by atoms with van der Waals surface area (Å²) < 4.78 is 5.58. The third kappa shape index (κ3) is 3.13. The first kappa shape index (κ1) is 12.2. The standard InChI is InChI=1S/C14H17N3O/c1-11-5-4-8-16-14(11)17-9-10-18-13-7-3-2-6-12(13)15/h2-8H,9-10,15H2,1H3,(H,16,17). The van der Waals surface area contributed by atoms with E-state index in [4.69, 9.17) is 10.5 Å². The second kappa shape index (κ2) is 5.91. The van der Waals surface area contributed by atoms with Gasteiger partial charge >= 0.3 is 0 Å². The first-order chi connectivity index (χ1) is 8.77. The number of benzene rings is 1. The average molecular weight is 243 g/mol. The number of nitrogen functional groups attached to an aromatic ring is 1. The molecule has 0 saturated heterocycles. The molecule has 0 aliphatic heterocycles. The summed E-state index contributed by atoms with van der Waals surface area (Å²) in [5, 5.41) is 3.23. The van der Waals surface area contributed by atoms with Gasteiger partial charge in [-0.1, -0.05) is 18.2 Å². The zero-order valence-corrected chi connectivity index (χ0v) is 10.4. The van der Waals surface area contributed by atoms with Gasteiger partial charge in [-0.2, -0.15) is 0 Å². The van der Waals surface area contributed by atoms with Gasteiger partial charge in [0.2, 0.25) is 0 Å². The lowest BCUT2D eigenvalue weighted by molar-refractivity contribution is 0.334. The number of hydrogen-bond donors (Lipinski definition) is 2. The summed E-state index contributed by atoms with van der Waals surface area (Å²) in [4.78, 5) is 4.25. The number of nitrogens with zero attached hydrogens (tertiary/aromatic N) is 1. The Morgan fingerprint density at radius 2 is 2.06 bits per heavy atom. The van der Waals surface area contributed by atoms with Gasteiger partial charge in [-0.3, -0.25) is 0 Å². The van der Waals surface area contributed by atoms with Crippen LogP contribution in [0.1, 0.15) is 5.56 Å². The zero-order valence-electron chi connectivity index (χ0n) is 10.4. The van der Waals surface area contributed by atoms with E-state index in [9.17, 15) is 0 Å². The Balaban J connectivity index is 1.80. The lowest BCUT2D eigenvalue weighted by atomic mass is 10.3. The molecule has 18 heavy (non-hydrogen) atoms. The molecule has 94 valence electrons. The highest BCUT2D eigenvalue weighted by Crippen LogP contribution is 2.19. The maximum atomic E-state index is 5.78. The van der Waals surface area contributed by atoms with Gasteiger partial charge in [-0.25, -0.2) is 4.98 Å². The second-order valence-electron chi connectivity index (χ2n) is 3.98. The van der Waals surface area contributed by atoms with Crippen LogP contribution in [-0.2, 0) is 0 Å². The highest BCUT2D eigenvalue weighted by atomic mass is 16.5. The smallest absolute Gasteiger partial charge is 0.142 e. The molecule has 0 amide bonds. The van der Waals surface area contributed by atoms with Crippen molar-refractivity contribution in [3.63, 3.8) is 0 Å². The molecular weight excluding hydrogens is 226 g/mol. The Hall–Kier alpha value is -2.23. The molecule has 0 saturated carbocycles. The van der Waals surface area contributed by atoms with Crippen LogP contribution >= 0.6 is 0 Å². The number of nitrogens with two attached hydrogens (primary N) is 1. The predicted molar refractivity (Wildman–Crippen MR) is 73.8 cm³/mol. The number of para-hydroxylation sites is 2. The van der Waals surface area contributed by atoms with E-state index in [1.807, 2.05) is 43.3 Å². The molecule has 1 aromatic carbocycles. The summed E-state index contributed by atoms with van der Waals surface area (Å²) >= 11 is 0. The van der Waals surface area contributed by atoms with Gasteiger partial charge in [0.1, 0.15) is 18.2 Å². The first-order valence-electron chi connectivity index (χ1n) is 5.90. The molecule has 0 radical (unpaired) electrons. The van der Waals surface area contributed by atoms with Crippen LogP contribution in [0.25, 0.3) is 0 Å². The lowest BCUT2D eigenvalue weighted by Crippen LogP contribution is -2.13. The largest absolute Gasteiger partial charge is 0.490 e. The van der Waals surface area contributed by atoms with E-state index < -0.39 is 0 Å². The van der Waals surface area contributed by atoms with Gasteiger partial charge in [-0.05, 0) is 30.7 Å². The fourth-order valence-electron chi connectivity index (χ4n) is 1.61. The van der Waals surface area contributed by atoms with Gasteiger partial charge in [0, 0.05) is 6.20 Å².